The van der Waals surface area contributed by atoms with Crippen LogP contribution >= 0.6 is 0 Å². The summed E-state index contributed by atoms with van der Waals surface area (Å²) in [5.41, 5.74) is -0.514. The van der Waals surface area contributed by atoms with Crippen molar-refractivity contribution < 1.29 is 18.0 Å². The minimum Gasteiger partial charge on any atom is -0.335 e. The lowest BCUT2D eigenvalue weighted by atomic mass is 10.2. The number of carbonyl (C=O) groups is 1. The van der Waals surface area contributed by atoms with Gasteiger partial charge in [0.1, 0.15) is 41.0 Å². The lowest BCUT2D eigenvalue weighted by Crippen LogP contribution is -2.15. The predicted octanol–water partition coefficient (Wildman–Crippen LogP) is 3.89. The second-order valence-corrected chi connectivity index (χ2v) is 4.94. The van der Waals surface area contributed by atoms with Crippen LogP contribution in [0.5, 0.6) is 0 Å². The third-order valence-electron chi connectivity index (χ3n) is 3.24. The Morgan fingerprint density at radius 2 is 1.56 bits per heavy atom. The van der Waals surface area contributed by atoms with E-state index in [0.717, 1.165) is 18.5 Å². The first-order valence-electron chi connectivity index (χ1n) is 7.13. The first-order valence-corrected chi connectivity index (χ1v) is 7.13. The summed E-state index contributed by atoms with van der Waals surface area (Å²) >= 11 is 0. The monoisotopic (exact) mass is 344 g/mol. The van der Waals surface area contributed by atoms with Gasteiger partial charge in [0.15, 0.2) is 0 Å². The number of anilines is 3. The average molecular weight is 344 g/mol. The summed E-state index contributed by atoms with van der Waals surface area (Å²) in [5.74, 6) is -2.90. The first kappa shape index (κ1) is 16.4. The van der Waals surface area contributed by atoms with Crippen LogP contribution in [0, 0.1) is 17.5 Å². The van der Waals surface area contributed by atoms with Gasteiger partial charge >= 0.3 is 0 Å². The first-order chi connectivity index (χ1) is 12.0. The largest absolute Gasteiger partial charge is 0.335 e. The number of nitrogens with zero attached hydrogens (tertiary/aromatic N) is 2. The van der Waals surface area contributed by atoms with Crippen molar-refractivity contribution in [2.75, 3.05) is 10.6 Å². The summed E-state index contributed by atoms with van der Waals surface area (Å²) in [6, 6.07) is 10.2. The van der Waals surface area contributed by atoms with Crippen molar-refractivity contribution in [1.82, 2.24) is 9.97 Å². The summed E-state index contributed by atoms with van der Waals surface area (Å²) in [5, 5.41) is 4.82. The molecule has 0 radical (unpaired) electrons. The molecule has 0 bridgehead atoms. The number of amides is 1. The van der Waals surface area contributed by atoms with E-state index in [1.165, 1.54) is 30.3 Å². The molecule has 0 unspecified atom stereocenters. The maximum atomic E-state index is 13.7. The molecule has 8 heteroatoms. The molecule has 0 saturated carbocycles. The molecule has 25 heavy (non-hydrogen) atoms. The average Bonchev–Trinajstić information content (AvgIpc) is 2.60. The zero-order chi connectivity index (χ0) is 17.8. The van der Waals surface area contributed by atoms with E-state index in [0.29, 0.717) is 0 Å². The normalized spacial score (nSPS) is 10.4. The zero-order valence-corrected chi connectivity index (χ0v) is 12.6. The minimum absolute atomic E-state index is 0.0117. The Hall–Kier alpha value is -3.42. The molecule has 126 valence electrons. The van der Waals surface area contributed by atoms with Gasteiger partial charge in [-0.2, -0.15) is 0 Å². The molecule has 0 fully saturated rings. The number of hydrogen-bond acceptors (Lipinski definition) is 4. The van der Waals surface area contributed by atoms with Crippen molar-refractivity contribution in [3.8, 4) is 0 Å². The summed E-state index contributed by atoms with van der Waals surface area (Å²) in [7, 11) is 0. The van der Waals surface area contributed by atoms with Crippen molar-refractivity contribution in [2.24, 2.45) is 0 Å². The van der Waals surface area contributed by atoms with Crippen molar-refractivity contribution >= 4 is 23.1 Å². The second kappa shape index (κ2) is 7.00. The van der Waals surface area contributed by atoms with Crippen LogP contribution in [0.3, 0.4) is 0 Å². The molecular formula is C17H11F3N4O. The van der Waals surface area contributed by atoms with Crippen LogP contribution in [-0.2, 0) is 0 Å². The van der Waals surface area contributed by atoms with Crippen LogP contribution in [0.15, 0.2) is 54.9 Å². The lowest BCUT2D eigenvalue weighted by Gasteiger charge is -2.09. The molecule has 0 aliphatic heterocycles. The van der Waals surface area contributed by atoms with Crippen molar-refractivity contribution in [3.05, 3.63) is 78.0 Å². The highest BCUT2D eigenvalue weighted by atomic mass is 19.1. The molecule has 3 aromatic rings. The molecule has 0 atom stereocenters. The van der Waals surface area contributed by atoms with E-state index in [9.17, 15) is 18.0 Å². The molecule has 1 heterocycles. The SMILES string of the molecule is O=C(Nc1ccccc1F)c1cc(Nc2c(F)cccc2F)ncn1. The van der Waals surface area contributed by atoms with Crippen LogP contribution in [0.25, 0.3) is 0 Å². The van der Waals surface area contributed by atoms with Gasteiger partial charge in [-0.3, -0.25) is 4.79 Å². The second-order valence-electron chi connectivity index (χ2n) is 4.94. The van der Waals surface area contributed by atoms with Gasteiger partial charge in [0.2, 0.25) is 0 Å². The maximum Gasteiger partial charge on any atom is 0.274 e. The number of nitrogens with one attached hydrogen (secondary N) is 2. The number of para-hydroxylation sites is 2. The van der Waals surface area contributed by atoms with Crippen LogP contribution < -0.4 is 10.6 Å². The van der Waals surface area contributed by atoms with Crippen molar-refractivity contribution in [3.63, 3.8) is 0 Å². The van der Waals surface area contributed by atoms with Gasteiger partial charge in [0, 0.05) is 6.07 Å². The van der Waals surface area contributed by atoms with Gasteiger partial charge in [-0.25, -0.2) is 23.1 Å². The highest BCUT2D eigenvalue weighted by Crippen LogP contribution is 2.22. The summed E-state index contributed by atoms with van der Waals surface area (Å²) in [6.45, 7) is 0. The van der Waals surface area contributed by atoms with E-state index in [4.69, 9.17) is 0 Å². The predicted molar refractivity (Wildman–Crippen MR) is 86.0 cm³/mol. The Labute approximate surface area is 140 Å². The molecule has 3 rings (SSSR count). The van der Waals surface area contributed by atoms with E-state index in [2.05, 4.69) is 20.6 Å². The number of hydrogen-bond donors (Lipinski definition) is 2. The topological polar surface area (TPSA) is 66.9 Å². The fraction of sp³-hybridized carbons (Fsp3) is 0. The van der Waals surface area contributed by atoms with Crippen molar-refractivity contribution in [1.29, 1.82) is 0 Å². The van der Waals surface area contributed by atoms with Gasteiger partial charge in [0.25, 0.3) is 5.91 Å². The standard InChI is InChI=1S/C17H11F3N4O/c18-10-4-1-2-7-13(10)23-17(25)14-8-15(22-9-21-14)24-16-11(19)5-3-6-12(16)20/h1-9H,(H,23,25)(H,21,22,24). The van der Waals surface area contributed by atoms with Crippen LogP contribution in [0.2, 0.25) is 0 Å². The Balaban J connectivity index is 1.82. The number of halogens is 3. The number of rotatable bonds is 4. The highest BCUT2D eigenvalue weighted by Gasteiger charge is 2.13. The Bertz CT molecular complexity index is 913. The quantitative estimate of drug-likeness (QED) is 0.753. The number of benzene rings is 2. The molecule has 1 amide bonds. The highest BCUT2D eigenvalue weighted by molar-refractivity contribution is 6.03. The maximum absolute atomic E-state index is 13.7. The molecule has 2 aromatic carbocycles. The summed E-state index contributed by atoms with van der Waals surface area (Å²) in [4.78, 5) is 19.8. The molecule has 0 aliphatic rings. The third-order valence-corrected chi connectivity index (χ3v) is 3.24. The van der Waals surface area contributed by atoms with E-state index >= 15 is 0 Å². The van der Waals surface area contributed by atoms with Crippen LogP contribution in [0.4, 0.5) is 30.4 Å². The van der Waals surface area contributed by atoms with Gasteiger partial charge in [-0.15, -0.1) is 0 Å². The fourth-order valence-corrected chi connectivity index (χ4v) is 2.04. The van der Waals surface area contributed by atoms with E-state index in [-0.39, 0.29) is 17.2 Å². The van der Waals surface area contributed by atoms with E-state index in [1.54, 1.807) is 6.07 Å². The van der Waals surface area contributed by atoms with Gasteiger partial charge < -0.3 is 10.6 Å². The Kier molecular flexibility index (Phi) is 4.60. The number of carbonyl (C=O) groups excluding carboxylic acids is 1. The smallest absolute Gasteiger partial charge is 0.274 e. The molecule has 5 nitrogen and oxygen atoms in total. The molecule has 1 aromatic heterocycles. The molecule has 0 aliphatic carbocycles. The van der Waals surface area contributed by atoms with E-state index < -0.39 is 29.0 Å². The minimum atomic E-state index is -0.809. The molecule has 2 N–H and O–H groups in total. The molecule has 0 spiro atoms. The van der Waals surface area contributed by atoms with Gasteiger partial charge in [-0.1, -0.05) is 18.2 Å². The molecular weight excluding hydrogens is 333 g/mol. The summed E-state index contributed by atoms with van der Waals surface area (Å²) in [6.07, 6.45) is 1.05. The fourth-order valence-electron chi connectivity index (χ4n) is 2.04. The van der Waals surface area contributed by atoms with Crippen molar-refractivity contribution in [2.45, 2.75) is 0 Å². The Morgan fingerprint density at radius 3 is 2.28 bits per heavy atom. The number of aromatic nitrogens is 2. The molecule has 0 saturated heterocycles. The third kappa shape index (κ3) is 3.74. The summed E-state index contributed by atoms with van der Waals surface area (Å²) < 4.78 is 40.9. The van der Waals surface area contributed by atoms with E-state index in [1.807, 2.05) is 0 Å². The lowest BCUT2D eigenvalue weighted by molar-refractivity contribution is 0.102. The van der Waals surface area contributed by atoms with Crippen LogP contribution in [0.1, 0.15) is 10.5 Å². The zero-order valence-electron chi connectivity index (χ0n) is 12.6. The van der Waals surface area contributed by atoms with Crippen LogP contribution in [-0.4, -0.2) is 15.9 Å². The van der Waals surface area contributed by atoms with Gasteiger partial charge in [0.05, 0.1) is 5.69 Å². The Morgan fingerprint density at radius 1 is 0.880 bits per heavy atom. The van der Waals surface area contributed by atoms with Gasteiger partial charge in [-0.05, 0) is 24.3 Å².